The molecule has 2 atom stereocenters. The Morgan fingerprint density at radius 1 is 0.830 bits per heavy atom. The summed E-state index contributed by atoms with van der Waals surface area (Å²) in [4.78, 5) is 42.7. The van der Waals surface area contributed by atoms with Gasteiger partial charge in [0.1, 0.15) is 24.3 Å². The number of furan rings is 1. The highest BCUT2D eigenvalue weighted by molar-refractivity contribution is 6.12. The van der Waals surface area contributed by atoms with Gasteiger partial charge in [0.25, 0.3) is 0 Å². The first-order chi connectivity index (χ1) is 23.0. The third-order valence-corrected chi connectivity index (χ3v) is 8.88. The first-order valence-electron chi connectivity index (χ1n) is 16.9. The molecule has 0 unspecified atom stereocenters. The van der Waals surface area contributed by atoms with Crippen LogP contribution in [0, 0.1) is 12.8 Å². The summed E-state index contributed by atoms with van der Waals surface area (Å²) in [5, 5.41) is 8.97. The van der Waals surface area contributed by atoms with E-state index in [1.807, 2.05) is 85.8 Å². The normalized spacial score (nSPS) is 15.1. The minimum absolute atomic E-state index is 0.0336. The number of nitrogens with zero attached hydrogens (tertiary/aromatic N) is 1. The Hall–Kier alpha value is -4.49. The topological polar surface area (TPSA) is 97.1 Å². The number of aliphatic hydroxyl groups is 1. The third kappa shape index (κ3) is 8.86. The maximum Gasteiger partial charge on any atom is 0.417 e. The predicted molar refractivity (Wildman–Crippen MR) is 182 cm³/mol. The van der Waals surface area contributed by atoms with Crippen molar-refractivity contribution < 1.29 is 28.6 Å². The van der Waals surface area contributed by atoms with Crippen LogP contribution in [0.5, 0.6) is 0 Å². The molecule has 4 aromatic rings. The van der Waals surface area contributed by atoms with Crippen LogP contribution in [-0.2, 0) is 22.4 Å². The highest BCUT2D eigenvalue weighted by Gasteiger charge is 2.44. The van der Waals surface area contributed by atoms with E-state index in [1.54, 1.807) is 6.07 Å². The third-order valence-electron chi connectivity index (χ3n) is 8.88. The van der Waals surface area contributed by atoms with E-state index in [2.05, 4.69) is 6.07 Å². The highest BCUT2D eigenvalue weighted by Crippen LogP contribution is 2.34. The van der Waals surface area contributed by atoms with Gasteiger partial charge in [-0.1, -0.05) is 129 Å². The van der Waals surface area contributed by atoms with Crippen LogP contribution in [0.15, 0.2) is 95.4 Å². The van der Waals surface area contributed by atoms with Gasteiger partial charge in [0.05, 0.1) is 0 Å². The van der Waals surface area contributed by atoms with E-state index in [4.69, 9.17) is 14.3 Å². The Labute approximate surface area is 277 Å². The number of cyclic esters (lactones) is 1. The number of hydrogen-bond donors (Lipinski definition) is 1. The van der Waals surface area contributed by atoms with Crippen molar-refractivity contribution in [3.63, 3.8) is 0 Å². The lowest BCUT2D eigenvalue weighted by atomic mass is 9.91. The van der Waals surface area contributed by atoms with E-state index in [0.29, 0.717) is 6.42 Å². The van der Waals surface area contributed by atoms with Gasteiger partial charge in [0, 0.05) is 18.6 Å². The SMILES string of the molecule is Cc1cccc(-c2cc(C(=O)[C@H](Cc3ccccc3)C(=O)N3C(=O)OC[C@@H]3c3ccccc3)oc2CCCCCCCCCCO)c1. The quantitative estimate of drug-likeness (QED) is 0.0708. The molecule has 2 heterocycles. The molecule has 5 rings (SSSR count). The van der Waals surface area contributed by atoms with Gasteiger partial charge in [0.15, 0.2) is 5.76 Å². The zero-order chi connectivity index (χ0) is 33.0. The Balaban J connectivity index is 1.40. The molecular weight excluding hydrogens is 590 g/mol. The maximum atomic E-state index is 14.4. The van der Waals surface area contributed by atoms with Gasteiger partial charge in [-0.25, -0.2) is 9.69 Å². The van der Waals surface area contributed by atoms with Crippen LogP contribution in [0.3, 0.4) is 0 Å². The molecule has 0 bridgehead atoms. The maximum absolute atomic E-state index is 14.4. The average Bonchev–Trinajstić information content (AvgIpc) is 3.70. The molecular formula is C40H45NO6. The van der Waals surface area contributed by atoms with Gasteiger partial charge in [-0.2, -0.15) is 0 Å². The molecule has 2 amide bonds. The first-order valence-corrected chi connectivity index (χ1v) is 16.9. The number of amides is 2. The Morgan fingerprint density at radius 3 is 2.17 bits per heavy atom. The molecule has 1 aliphatic rings. The molecule has 0 spiro atoms. The number of benzene rings is 3. The molecule has 1 aliphatic heterocycles. The number of carbonyl (C=O) groups is 3. The molecule has 1 fully saturated rings. The van der Waals surface area contributed by atoms with Gasteiger partial charge in [-0.3, -0.25) is 9.59 Å². The van der Waals surface area contributed by atoms with E-state index < -0.39 is 29.7 Å². The van der Waals surface area contributed by atoms with Gasteiger partial charge in [-0.05, 0) is 48.9 Å². The van der Waals surface area contributed by atoms with Crippen LogP contribution in [-0.4, -0.2) is 41.0 Å². The van der Waals surface area contributed by atoms with Gasteiger partial charge < -0.3 is 14.3 Å². The van der Waals surface area contributed by atoms with Crippen molar-refractivity contribution in [2.75, 3.05) is 13.2 Å². The molecule has 7 nitrogen and oxygen atoms in total. The number of rotatable bonds is 17. The molecule has 246 valence electrons. The smallest absolute Gasteiger partial charge is 0.417 e. The summed E-state index contributed by atoms with van der Waals surface area (Å²) in [6, 6.07) is 27.9. The molecule has 7 heteroatoms. The number of carbonyl (C=O) groups excluding carboxylic acids is 3. The fraction of sp³-hybridized carbons (Fsp3) is 0.375. The monoisotopic (exact) mass is 635 g/mol. The molecule has 3 aromatic carbocycles. The van der Waals surface area contributed by atoms with Crippen LogP contribution >= 0.6 is 0 Å². The number of hydrogen-bond acceptors (Lipinski definition) is 6. The van der Waals surface area contributed by atoms with Crippen LogP contribution in [0.2, 0.25) is 0 Å². The summed E-state index contributed by atoms with van der Waals surface area (Å²) in [7, 11) is 0. The zero-order valence-electron chi connectivity index (χ0n) is 27.2. The molecule has 1 N–H and O–H groups in total. The van der Waals surface area contributed by atoms with E-state index in [1.165, 1.54) is 6.42 Å². The minimum atomic E-state index is -1.18. The number of ether oxygens (including phenoxy) is 1. The second kappa shape index (κ2) is 16.9. The lowest BCUT2D eigenvalue weighted by Gasteiger charge is -2.24. The first kappa shape index (κ1) is 33.9. The van der Waals surface area contributed by atoms with Crippen molar-refractivity contribution in [2.45, 2.75) is 77.2 Å². The van der Waals surface area contributed by atoms with Crippen LogP contribution in [0.25, 0.3) is 11.1 Å². The van der Waals surface area contributed by atoms with E-state index >= 15 is 0 Å². The standard InChI is InChI=1S/C40H45NO6/c1-29-17-16-22-32(25-29)33-27-37(47-36(33)23-14-6-4-2-3-5-7-15-24-42)38(43)34(26-30-18-10-8-11-19-30)39(44)41-35(28-46-40(41)45)31-20-12-9-13-21-31/h8-13,16-22,25,27,34-35,42H,2-7,14-15,23-24,26,28H2,1H3/t34-,35+/m0/s1. The molecule has 47 heavy (non-hydrogen) atoms. The van der Waals surface area contributed by atoms with E-state index in [-0.39, 0.29) is 25.4 Å². The summed E-state index contributed by atoms with van der Waals surface area (Å²) in [6.07, 6.45) is 8.54. The van der Waals surface area contributed by atoms with Crippen molar-refractivity contribution in [3.05, 3.63) is 119 Å². The number of aliphatic hydroxyl groups excluding tert-OH is 1. The fourth-order valence-electron chi connectivity index (χ4n) is 6.32. The minimum Gasteiger partial charge on any atom is -0.457 e. The number of Topliss-reactive ketones (excluding diaryl/α,β-unsaturated/α-hetero) is 1. The lowest BCUT2D eigenvalue weighted by Crippen LogP contribution is -2.42. The molecule has 0 saturated carbocycles. The number of ketones is 1. The highest BCUT2D eigenvalue weighted by atomic mass is 16.6. The van der Waals surface area contributed by atoms with Gasteiger partial charge in [0.2, 0.25) is 11.7 Å². The number of unbranched alkanes of at least 4 members (excludes halogenated alkanes) is 7. The summed E-state index contributed by atoms with van der Waals surface area (Å²) in [5.74, 6) is -1.36. The van der Waals surface area contributed by atoms with Gasteiger partial charge in [-0.15, -0.1) is 0 Å². The Kier molecular flexibility index (Phi) is 12.2. The zero-order valence-corrected chi connectivity index (χ0v) is 27.2. The van der Waals surface area contributed by atoms with Crippen molar-refractivity contribution in [1.29, 1.82) is 0 Å². The van der Waals surface area contributed by atoms with Crippen molar-refractivity contribution in [1.82, 2.24) is 4.90 Å². The number of imide groups is 1. The van der Waals surface area contributed by atoms with Gasteiger partial charge >= 0.3 is 6.09 Å². The van der Waals surface area contributed by atoms with Crippen molar-refractivity contribution in [2.24, 2.45) is 5.92 Å². The summed E-state index contributed by atoms with van der Waals surface area (Å²) in [5.41, 5.74) is 4.50. The number of aryl methyl sites for hydroxylation is 2. The Bertz CT molecular complexity index is 1610. The lowest BCUT2D eigenvalue weighted by molar-refractivity contribution is -0.132. The summed E-state index contributed by atoms with van der Waals surface area (Å²) >= 11 is 0. The van der Waals surface area contributed by atoms with Crippen LogP contribution in [0.4, 0.5) is 4.79 Å². The average molecular weight is 636 g/mol. The van der Waals surface area contributed by atoms with Crippen LogP contribution in [0.1, 0.15) is 90.4 Å². The molecule has 1 saturated heterocycles. The molecule has 1 aromatic heterocycles. The molecule has 0 aliphatic carbocycles. The van der Waals surface area contributed by atoms with Crippen molar-refractivity contribution >= 4 is 17.8 Å². The fourth-order valence-corrected chi connectivity index (χ4v) is 6.32. The summed E-state index contributed by atoms with van der Waals surface area (Å²) < 4.78 is 11.7. The summed E-state index contributed by atoms with van der Waals surface area (Å²) in [6.45, 7) is 2.33. The van der Waals surface area contributed by atoms with Crippen LogP contribution < -0.4 is 0 Å². The van der Waals surface area contributed by atoms with E-state index in [9.17, 15) is 14.4 Å². The molecule has 0 radical (unpaired) electrons. The second-order valence-electron chi connectivity index (χ2n) is 12.4. The largest absolute Gasteiger partial charge is 0.457 e. The second-order valence-corrected chi connectivity index (χ2v) is 12.4. The Morgan fingerprint density at radius 2 is 1.49 bits per heavy atom. The van der Waals surface area contributed by atoms with E-state index in [0.717, 1.165) is 83.4 Å². The predicted octanol–water partition coefficient (Wildman–Crippen LogP) is 8.67. The van der Waals surface area contributed by atoms with Crippen molar-refractivity contribution in [3.8, 4) is 11.1 Å².